The van der Waals surface area contributed by atoms with E-state index in [4.69, 9.17) is 0 Å². The van der Waals surface area contributed by atoms with Gasteiger partial charge in [0, 0.05) is 18.0 Å². The highest BCUT2D eigenvalue weighted by Gasteiger charge is 2.12. The Morgan fingerprint density at radius 2 is 1.72 bits per heavy atom. The SMILES string of the molecule is Cc1ccc(C)c(Cn2ccn3nc(-c4cccc5ccccc45)cc3c2=O)c1. The van der Waals surface area contributed by atoms with Crippen molar-refractivity contribution in [1.29, 1.82) is 0 Å². The summed E-state index contributed by atoms with van der Waals surface area (Å²) in [6.07, 6.45) is 3.67. The molecule has 2 heterocycles. The van der Waals surface area contributed by atoms with Gasteiger partial charge in [0.15, 0.2) is 0 Å². The molecule has 0 amide bonds. The van der Waals surface area contributed by atoms with Gasteiger partial charge in [-0.05, 0) is 41.8 Å². The Hall–Kier alpha value is -3.66. The average Bonchev–Trinajstić information content (AvgIpc) is 3.17. The third-order valence-corrected chi connectivity index (χ3v) is 5.51. The van der Waals surface area contributed by atoms with Gasteiger partial charge in [-0.2, -0.15) is 5.10 Å². The Bertz CT molecular complexity index is 1420. The maximum atomic E-state index is 13.1. The number of hydrogen-bond acceptors (Lipinski definition) is 2. The molecule has 0 radical (unpaired) electrons. The van der Waals surface area contributed by atoms with Crippen molar-refractivity contribution in [3.05, 3.63) is 106 Å². The fourth-order valence-electron chi connectivity index (χ4n) is 3.89. The Labute approximate surface area is 168 Å². The van der Waals surface area contributed by atoms with E-state index < -0.39 is 0 Å². The molecule has 3 aromatic carbocycles. The zero-order valence-electron chi connectivity index (χ0n) is 16.5. The van der Waals surface area contributed by atoms with E-state index in [-0.39, 0.29) is 5.56 Å². The van der Waals surface area contributed by atoms with Crippen molar-refractivity contribution in [2.75, 3.05) is 0 Å². The first kappa shape index (κ1) is 17.4. The summed E-state index contributed by atoms with van der Waals surface area (Å²) in [5.41, 5.74) is 5.93. The van der Waals surface area contributed by atoms with Crippen LogP contribution in [0.2, 0.25) is 0 Å². The van der Waals surface area contributed by atoms with Crippen molar-refractivity contribution in [2.45, 2.75) is 20.4 Å². The molecule has 0 aliphatic carbocycles. The summed E-state index contributed by atoms with van der Waals surface area (Å²) < 4.78 is 3.44. The molecule has 0 saturated heterocycles. The number of rotatable bonds is 3. The predicted octanol–water partition coefficient (Wildman–Crippen LogP) is 4.98. The quantitative estimate of drug-likeness (QED) is 0.443. The van der Waals surface area contributed by atoms with E-state index in [1.807, 2.05) is 36.7 Å². The van der Waals surface area contributed by atoms with Gasteiger partial charge in [0.25, 0.3) is 5.56 Å². The second-order valence-electron chi connectivity index (χ2n) is 7.55. The lowest BCUT2D eigenvalue weighted by molar-refractivity contribution is 0.739. The van der Waals surface area contributed by atoms with Gasteiger partial charge in [-0.15, -0.1) is 0 Å². The Morgan fingerprint density at radius 1 is 0.897 bits per heavy atom. The lowest BCUT2D eigenvalue weighted by Gasteiger charge is -2.10. The highest BCUT2D eigenvalue weighted by molar-refractivity contribution is 5.96. The fourth-order valence-corrected chi connectivity index (χ4v) is 3.89. The summed E-state index contributed by atoms with van der Waals surface area (Å²) in [5.74, 6) is 0. The van der Waals surface area contributed by atoms with Gasteiger partial charge < -0.3 is 4.57 Å². The van der Waals surface area contributed by atoms with Gasteiger partial charge in [-0.3, -0.25) is 4.79 Å². The van der Waals surface area contributed by atoms with E-state index in [9.17, 15) is 4.79 Å². The van der Waals surface area contributed by atoms with Crippen molar-refractivity contribution in [2.24, 2.45) is 0 Å². The van der Waals surface area contributed by atoms with E-state index in [0.717, 1.165) is 27.6 Å². The molecule has 0 N–H and O–H groups in total. The van der Waals surface area contributed by atoms with E-state index in [2.05, 4.69) is 61.4 Å². The van der Waals surface area contributed by atoms with Gasteiger partial charge in [-0.1, -0.05) is 66.2 Å². The minimum absolute atomic E-state index is 0.0348. The lowest BCUT2D eigenvalue weighted by Crippen LogP contribution is -2.22. The van der Waals surface area contributed by atoms with Crippen LogP contribution < -0.4 is 5.56 Å². The van der Waals surface area contributed by atoms with Crippen molar-refractivity contribution >= 4 is 16.3 Å². The number of hydrogen-bond donors (Lipinski definition) is 0. The summed E-state index contributed by atoms with van der Waals surface area (Å²) in [4.78, 5) is 13.1. The fraction of sp³-hybridized carbons (Fsp3) is 0.120. The minimum Gasteiger partial charge on any atom is -0.308 e. The van der Waals surface area contributed by atoms with Crippen LogP contribution in [0.4, 0.5) is 0 Å². The minimum atomic E-state index is -0.0348. The topological polar surface area (TPSA) is 39.3 Å². The molecule has 142 valence electrons. The van der Waals surface area contributed by atoms with Crippen LogP contribution >= 0.6 is 0 Å². The normalized spacial score (nSPS) is 11.4. The highest BCUT2D eigenvalue weighted by Crippen LogP contribution is 2.27. The maximum Gasteiger partial charge on any atom is 0.276 e. The smallest absolute Gasteiger partial charge is 0.276 e. The lowest BCUT2D eigenvalue weighted by atomic mass is 10.0. The number of nitrogens with zero attached hydrogens (tertiary/aromatic N) is 3. The van der Waals surface area contributed by atoms with Gasteiger partial charge in [0.05, 0.1) is 12.2 Å². The molecule has 0 aliphatic rings. The van der Waals surface area contributed by atoms with Crippen LogP contribution in [0.25, 0.3) is 27.5 Å². The van der Waals surface area contributed by atoms with Crippen LogP contribution in [0.3, 0.4) is 0 Å². The van der Waals surface area contributed by atoms with Gasteiger partial charge in [0.1, 0.15) is 5.52 Å². The molecule has 0 unspecified atom stereocenters. The highest BCUT2D eigenvalue weighted by atomic mass is 16.1. The third-order valence-electron chi connectivity index (χ3n) is 5.51. The Balaban J connectivity index is 1.62. The number of benzene rings is 3. The Morgan fingerprint density at radius 3 is 2.62 bits per heavy atom. The number of aryl methyl sites for hydroxylation is 2. The van der Waals surface area contributed by atoms with Gasteiger partial charge in [-0.25, -0.2) is 4.52 Å². The molecule has 0 bridgehead atoms. The van der Waals surface area contributed by atoms with Crippen LogP contribution in [0, 0.1) is 13.8 Å². The van der Waals surface area contributed by atoms with E-state index >= 15 is 0 Å². The standard InChI is InChI=1S/C25H21N3O/c1-17-10-11-18(2)20(14-17)16-27-12-13-28-24(25(27)29)15-23(26-28)22-9-5-7-19-6-3-4-8-21(19)22/h3-15H,16H2,1-2H3. The van der Waals surface area contributed by atoms with Crippen molar-refractivity contribution in [1.82, 2.24) is 14.2 Å². The molecular formula is C25H21N3O. The van der Waals surface area contributed by atoms with Crippen LogP contribution in [0.5, 0.6) is 0 Å². The van der Waals surface area contributed by atoms with Crippen LogP contribution in [-0.2, 0) is 6.54 Å². The van der Waals surface area contributed by atoms with Crippen molar-refractivity contribution in [3.63, 3.8) is 0 Å². The summed E-state index contributed by atoms with van der Waals surface area (Å²) in [5, 5.41) is 6.97. The molecule has 0 atom stereocenters. The van der Waals surface area contributed by atoms with Gasteiger partial charge >= 0.3 is 0 Å². The molecule has 5 rings (SSSR count). The second kappa shape index (κ2) is 6.74. The summed E-state index contributed by atoms with van der Waals surface area (Å²) in [6, 6.07) is 22.6. The van der Waals surface area contributed by atoms with E-state index in [1.54, 1.807) is 9.08 Å². The molecule has 29 heavy (non-hydrogen) atoms. The zero-order valence-corrected chi connectivity index (χ0v) is 16.5. The molecule has 0 aliphatic heterocycles. The third kappa shape index (κ3) is 3.03. The number of aromatic nitrogens is 3. The van der Waals surface area contributed by atoms with Crippen LogP contribution in [-0.4, -0.2) is 14.2 Å². The van der Waals surface area contributed by atoms with Crippen molar-refractivity contribution < 1.29 is 0 Å². The first-order valence-electron chi connectivity index (χ1n) is 9.73. The molecule has 4 heteroatoms. The molecule has 0 fully saturated rings. The molecule has 5 aromatic rings. The van der Waals surface area contributed by atoms with Gasteiger partial charge in [0.2, 0.25) is 0 Å². The Kier molecular flexibility index (Phi) is 4.06. The molecular weight excluding hydrogens is 358 g/mol. The summed E-state index contributed by atoms with van der Waals surface area (Å²) in [7, 11) is 0. The van der Waals surface area contributed by atoms with E-state index in [0.29, 0.717) is 12.1 Å². The monoisotopic (exact) mass is 379 g/mol. The second-order valence-corrected chi connectivity index (χ2v) is 7.55. The largest absolute Gasteiger partial charge is 0.308 e. The van der Waals surface area contributed by atoms with E-state index in [1.165, 1.54) is 11.1 Å². The maximum absolute atomic E-state index is 13.1. The average molecular weight is 379 g/mol. The summed E-state index contributed by atoms with van der Waals surface area (Å²) in [6.45, 7) is 4.70. The zero-order chi connectivity index (χ0) is 20.0. The molecule has 0 spiro atoms. The predicted molar refractivity (Wildman–Crippen MR) is 117 cm³/mol. The first-order chi connectivity index (χ1) is 14.1. The molecule has 2 aromatic heterocycles. The molecule has 4 nitrogen and oxygen atoms in total. The summed E-state index contributed by atoms with van der Waals surface area (Å²) >= 11 is 0. The molecule has 0 saturated carbocycles. The van der Waals surface area contributed by atoms with Crippen LogP contribution in [0.1, 0.15) is 16.7 Å². The number of fused-ring (bicyclic) bond motifs is 2. The van der Waals surface area contributed by atoms with Crippen molar-refractivity contribution in [3.8, 4) is 11.3 Å². The van der Waals surface area contributed by atoms with Crippen LogP contribution in [0.15, 0.2) is 83.9 Å². The first-order valence-corrected chi connectivity index (χ1v) is 9.73.